The second-order valence-corrected chi connectivity index (χ2v) is 12.4. The lowest BCUT2D eigenvalue weighted by Crippen LogP contribution is -2.79. The molecule has 188 valence electrons. The molecule has 3 fully saturated rings. The number of amides is 1. The van der Waals surface area contributed by atoms with Crippen molar-refractivity contribution in [3.63, 3.8) is 0 Å². The summed E-state index contributed by atoms with van der Waals surface area (Å²) in [7, 11) is -3.98. The van der Waals surface area contributed by atoms with Crippen molar-refractivity contribution in [2.75, 3.05) is 0 Å². The molecular weight excluding hydrogens is 497 g/mol. The van der Waals surface area contributed by atoms with Crippen LogP contribution in [0.25, 0.3) is 0 Å². The van der Waals surface area contributed by atoms with E-state index in [1.165, 1.54) is 42.4 Å². The van der Waals surface area contributed by atoms with Gasteiger partial charge in [-0.15, -0.1) is 0 Å². The highest BCUT2D eigenvalue weighted by Gasteiger charge is 2.75. The van der Waals surface area contributed by atoms with Crippen LogP contribution < -0.4 is 11.1 Å². The number of nitrogens with one attached hydrogen (secondary N) is 1. The molecule has 5 rings (SSSR count). The number of hydrogen-bond donors (Lipinski definition) is 3. The van der Waals surface area contributed by atoms with Crippen LogP contribution in [0.2, 0.25) is 5.02 Å². The van der Waals surface area contributed by atoms with E-state index < -0.39 is 50.3 Å². The molecule has 2 bridgehead atoms. The molecule has 1 unspecified atom stereocenters. The van der Waals surface area contributed by atoms with Gasteiger partial charge in [0.05, 0.1) is 15.3 Å². The van der Waals surface area contributed by atoms with Gasteiger partial charge >= 0.3 is 5.97 Å². The largest absolute Gasteiger partial charge is 0.480 e. The summed E-state index contributed by atoms with van der Waals surface area (Å²) in [5.74, 6) is -2.36. The van der Waals surface area contributed by atoms with E-state index in [9.17, 15) is 27.5 Å². The Morgan fingerprint density at radius 2 is 1.80 bits per heavy atom. The SMILES string of the molecule is CC(C)(N)C(NC(=O)C12CC(N(Cc3ccc(Cl)c(F)c3)S(=O)(=O)c3ccccc3)(C1)C2)C(=O)O. The number of carbonyl (C=O) groups is 2. The number of hydrogen-bond acceptors (Lipinski definition) is 5. The van der Waals surface area contributed by atoms with Gasteiger partial charge in [-0.3, -0.25) is 4.79 Å². The molecule has 3 saturated carbocycles. The summed E-state index contributed by atoms with van der Waals surface area (Å²) >= 11 is 5.79. The molecule has 8 nitrogen and oxygen atoms in total. The van der Waals surface area contributed by atoms with Crippen LogP contribution in [0.3, 0.4) is 0 Å². The first-order chi connectivity index (χ1) is 16.2. The first kappa shape index (κ1) is 25.6. The summed E-state index contributed by atoms with van der Waals surface area (Å²) in [6.07, 6.45) is 0.682. The standard InChI is InChI=1S/C24H27ClFN3O5S/c1-22(2,27)19(20(30)31)28-21(32)23-12-24(13-23,14-23)29(11-15-8-9-17(25)18(26)10-15)35(33,34)16-6-4-3-5-7-16/h3-10,19H,11-14,27H2,1-2H3,(H,28,32)(H,30,31). The molecule has 3 aliphatic rings. The van der Waals surface area contributed by atoms with Crippen LogP contribution in [0.15, 0.2) is 53.4 Å². The Labute approximate surface area is 208 Å². The highest BCUT2D eigenvalue weighted by atomic mass is 35.5. The van der Waals surface area contributed by atoms with Gasteiger partial charge in [0.2, 0.25) is 15.9 Å². The number of benzene rings is 2. The molecule has 1 amide bonds. The average molecular weight is 524 g/mol. The molecule has 3 aliphatic carbocycles. The Bertz CT molecular complexity index is 1260. The summed E-state index contributed by atoms with van der Waals surface area (Å²) in [5, 5.41) is 11.9. The van der Waals surface area contributed by atoms with Gasteiger partial charge in [-0.1, -0.05) is 35.9 Å². The number of halogens is 2. The highest BCUT2D eigenvalue weighted by Crippen LogP contribution is 2.71. The lowest BCUT2D eigenvalue weighted by atomic mass is 9.39. The Hall–Kier alpha value is -2.53. The highest BCUT2D eigenvalue weighted by molar-refractivity contribution is 7.89. The maximum Gasteiger partial charge on any atom is 0.328 e. The zero-order valence-corrected chi connectivity index (χ0v) is 20.9. The van der Waals surface area contributed by atoms with Gasteiger partial charge in [0.25, 0.3) is 0 Å². The molecule has 35 heavy (non-hydrogen) atoms. The molecule has 0 spiro atoms. The zero-order chi connectivity index (χ0) is 25.8. The van der Waals surface area contributed by atoms with E-state index in [0.29, 0.717) is 5.56 Å². The monoisotopic (exact) mass is 523 g/mol. The molecule has 0 saturated heterocycles. The normalized spacial score (nSPS) is 24.3. The van der Waals surface area contributed by atoms with Gasteiger partial charge in [-0.25, -0.2) is 17.6 Å². The van der Waals surface area contributed by atoms with Crippen molar-refractivity contribution in [3.8, 4) is 0 Å². The summed E-state index contributed by atoms with van der Waals surface area (Å²) in [6.45, 7) is 2.92. The summed E-state index contributed by atoms with van der Waals surface area (Å²) in [4.78, 5) is 24.7. The number of sulfonamides is 1. The molecular formula is C24H27ClFN3O5S. The van der Waals surface area contributed by atoms with Crippen molar-refractivity contribution in [2.45, 2.75) is 61.7 Å². The fourth-order valence-corrected chi connectivity index (χ4v) is 7.02. The van der Waals surface area contributed by atoms with Crippen molar-refractivity contribution in [1.29, 1.82) is 0 Å². The minimum atomic E-state index is -3.98. The number of aliphatic carboxylic acids is 1. The zero-order valence-electron chi connectivity index (χ0n) is 19.3. The first-order valence-corrected chi connectivity index (χ1v) is 12.9. The molecule has 4 N–H and O–H groups in total. The fraction of sp³-hybridized carbons (Fsp3) is 0.417. The van der Waals surface area contributed by atoms with Crippen molar-refractivity contribution >= 4 is 33.5 Å². The van der Waals surface area contributed by atoms with Gasteiger partial charge in [-0.2, -0.15) is 4.31 Å². The van der Waals surface area contributed by atoms with Crippen LogP contribution in [-0.4, -0.2) is 46.8 Å². The number of carbonyl (C=O) groups excluding carboxylic acids is 1. The van der Waals surface area contributed by atoms with Crippen LogP contribution in [0.5, 0.6) is 0 Å². The molecule has 1 atom stereocenters. The topological polar surface area (TPSA) is 130 Å². The lowest BCUT2D eigenvalue weighted by molar-refractivity contribution is -0.203. The minimum Gasteiger partial charge on any atom is -0.480 e. The summed E-state index contributed by atoms with van der Waals surface area (Å²) in [5.41, 5.74) is 3.46. The molecule has 0 radical (unpaired) electrons. The molecule has 11 heteroatoms. The minimum absolute atomic E-state index is 0.0665. The summed E-state index contributed by atoms with van der Waals surface area (Å²) < 4.78 is 42.7. The number of nitrogens with two attached hydrogens (primary N) is 1. The van der Waals surface area contributed by atoms with E-state index in [2.05, 4.69) is 5.32 Å². The third-order valence-corrected chi connectivity index (χ3v) is 9.19. The van der Waals surface area contributed by atoms with Crippen molar-refractivity contribution in [3.05, 3.63) is 64.9 Å². The Morgan fingerprint density at radius 3 is 2.31 bits per heavy atom. The van der Waals surface area contributed by atoms with Crippen LogP contribution in [0.4, 0.5) is 4.39 Å². The van der Waals surface area contributed by atoms with E-state index in [-0.39, 0.29) is 35.7 Å². The molecule has 0 heterocycles. The second-order valence-electron chi connectivity index (χ2n) is 10.2. The number of carboxylic acid groups (broad SMARTS) is 1. The van der Waals surface area contributed by atoms with Crippen LogP contribution in [0.1, 0.15) is 38.7 Å². The van der Waals surface area contributed by atoms with Gasteiger partial charge in [0.1, 0.15) is 11.9 Å². The average Bonchev–Trinajstić information content (AvgIpc) is 2.71. The van der Waals surface area contributed by atoms with Gasteiger partial charge in [0.15, 0.2) is 0 Å². The van der Waals surface area contributed by atoms with Crippen LogP contribution in [-0.2, 0) is 26.2 Å². The maximum absolute atomic E-state index is 14.1. The van der Waals surface area contributed by atoms with Crippen molar-refractivity contribution in [1.82, 2.24) is 9.62 Å². The molecule has 2 aromatic carbocycles. The van der Waals surface area contributed by atoms with Gasteiger partial charge < -0.3 is 16.2 Å². The van der Waals surface area contributed by atoms with Gasteiger partial charge in [-0.05, 0) is 62.9 Å². The van der Waals surface area contributed by atoms with E-state index in [1.54, 1.807) is 24.3 Å². The number of rotatable bonds is 9. The third kappa shape index (κ3) is 4.44. The molecule has 0 aromatic heterocycles. The maximum atomic E-state index is 14.1. The molecule has 0 aliphatic heterocycles. The Kier molecular flexibility index (Phi) is 6.24. The van der Waals surface area contributed by atoms with E-state index in [0.717, 1.165) is 0 Å². The van der Waals surface area contributed by atoms with Crippen LogP contribution >= 0.6 is 11.6 Å². The smallest absolute Gasteiger partial charge is 0.328 e. The third-order valence-electron chi connectivity index (χ3n) is 6.92. The van der Waals surface area contributed by atoms with Gasteiger partial charge in [0, 0.05) is 17.6 Å². The Morgan fingerprint density at radius 1 is 1.20 bits per heavy atom. The van der Waals surface area contributed by atoms with E-state index >= 15 is 0 Å². The fourth-order valence-electron chi connectivity index (χ4n) is 5.12. The predicted molar refractivity (Wildman–Crippen MR) is 127 cm³/mol. The van der Waals surface area contributed by atoms with Crippen molar-refractivity contribution < 1.29 is 27.5 Å². The summed E-state index contributed by atoms with van der Waals surface area (Å²) in [6, 6.07) is 10.8. The van der Waals surface area contributed by atoms with Crippen LogP contribution in [0, 0.1) is 11.2 Å². The first-order valence-electron chi connectivity index (χ1n) is 11.0. The van der Waals surface area contributed by atoms with Crippen molar-refractivity contribution in [2.24, 2.45) is 11.1 Å². The second kappa shape index (κ2) is 8.55. The quantitative estimate of drug-likeness (QED) is 0.463. The molecule has 2 aromatic rings. The predicted octanol–water partition coefficient (Wildman–Crippen LogP) is 2.90. The van der Waals surface area contributed by atoms with E-state index in [1.807, 2.05) is 0 Å². The number of carboxylic acids is 1. The van der Waals surface area contributed by atoms with E-state index in [4.69, 9.17) is 17.3 Å². The number of nitrogens with zero attached hydrogens (tertiary/aromatic N) is 1. The lowest BCUT2D eigenvalue weighted by Gasteiger charge is -2.72. The Balaban J connectivity index is 1.60.